The third-order valence-corrected chi connectivity index (χ3v) is 15.0. The lowest BCUT2D eigenvalue weighted by atomic mass is 10.0. The number of phosphoric ester groups is 1. The number of carbonyl (C=O) groups is 1. The molecule has 9 heteroatoms. The molecule has 8 nitrogen and oxygen atoms in total. The van der Waals surface area contributed by atoms with Crippen LogP contribution in [-0.4, -0.2) is 68.5 Å². The van der Waals surface area contributed by atoms with Crippen LogP contribution in [0.4, 0.5) is 0 Å². The van der Waals surface area contributed by atoms with E-state index in [4.69, 9.17) is 9.05 Å². The van der Waals surface area contributed by atoms with Gasteiger partial charge in [0, 0.05) is 6.42 Å². The predicted octanol–water partition coefficient (Wildman–Crippen LogP) is 17.6. The molecule has 0 radical (unpaired) electrons. The fourth-order valence-corrected chi connectivity index (χ4v) is 10.00. The number of quaternary nitrogens is 1. The fraction of sp³-hybridized carbons (Fsp3) is 0.949. The van der Waals surface area contributed by atoms with E-state index in [0.717, 1.165) is 44.9 Å². The van der Waals surface area contributed by atoms with Crippen molar-refractivity contribution in [2.45, 2.75) is 321 Å². The van der Waals surface area contributed by atoms with Crippen LogP contribution in [0.15, 0.2) is 12.2 Å². The molecule has 0 aliphatic heterocycles. The zero-order chi connectivity index (χ0) is 49.9. The maximum atomic E-state index is 12.8. The topological polar surface area (TPSA) is 108 Å². The number of phosphoric acid groups is 1. The number of amides is 1. The highest BCUT2D eigenvalue weighted by molar-refractivity contribution is 7.45. The highest BCUT2D eigenvalue weighted by atomic mass is 31.2. The van der Waals surface area contributed by atoms with E-state index >= 15 is 0 Å². The van der Waals surface area contributed by atoms with Crippen molar-refractivity contribution in [2.75, 3.05) is 40.9 Å². The Morgan fingerprint density at radius 1 is 0.500 bits per heavy atom. The molecule has 0 aliphatic carbocycles. The van der Waals surface area contributed by atoms with Gasteiger partial charge in [-0.15, -0.1) is 0 Å². The van der Waals surface area contributed by atoms with Gasteiger partial charge in [-0.05, 0) is 19.3 Å². The number of nitrogens with one attached hydrogen (secondary N) is 1. The Morgan fingerprint density at radius 3 is 1.10 bits per heavy atom. The van der Waals surface area contributed by atoms with Gasteiger partial charge in [0.25, 0.3) is 7.82 Å². The molecule has 0 fully saturated rings. The van der Waals surface area contributed by atoms with Crippen LogP contribution in [0, 0.1) is 0 Å². The fourth-order valence-electron chi connectivity index (χ4n) is 9.27. The van der Waals surface area contributed by atoms with Gasteiger partial charge in [0.15, 0.2) is 0 Å². The van der Waals surface area contributed by atoms with Crippen molar-refractivity contribution in [1.29, 1.82) is 0 Å². The van der Waals surface area contributed by atoms with Gasteiger partial charge >= 0.3 is 0 Å². The first-order valence-electron chi connectivity index (χ1n) is 30.1. The van der Waals surface area contributed by atoms with E-state index in [2.05, 4.69) is 19.2 Å². The van der Waals surface area contributed by atoms with E-state index in [1.54, 1.807) is 6.08 Å². The Bertz CT molecular complexity index is 1120. The van der Waals surface area contributed by atoms with E-state index in [0.29, 0.717) is 17.4 Å². The van der Waals surface area contributed by atoms with Crippen molar-refractivity contribution in [3.8, 4) is 0 Å². The first kappa shape index (κ1) is 67.2. The molecule has 0 aliphatic rings. The number of allylic oxidation sites excluding steroid dienone is 1. The molecule has 0 rings (SSSR count). The van der Waals surface area contributed by atoms with E-state index in [9.17, 15) is 19.4 Å². The smallest absolute Gasteiger partial charge is 0.268 e. The Hall–Kier alpha value is -0.760. The maximum absolute atomic E-state index is 12.8. The molecule has 3 unspecified atom stereocenters. The van der Waals surface area contributed by atoms with Crippen molar-refractivity contribution >= 4 is 13.7 Å². The highest BCUT2D eigenvalue weighted by Crippen LogP contribution is 2.38. The minimum Gasteiger partial charge on any atom is -0.756 e. The third-order valence-electron chi connectivity index (χ3n) is 14.0. The molecule has 0 saturated heterocycles. The zero-order valence-corrected chi connectivity index (χ0v) is 47.2. The van der Waals surface area contributed by atoms with Crippen LogP contribution in [0.25, 0.3) is 0 Å². The lowest BCUT2D eigenvalue weighted by Crippen LogP contribution is -2.45. The summed E-state index contributed by atoms with van der Waals surface area (Å²) in [4.78, 5) is 25.2. The Morgan fingerprint density at radius 2 is 0.794 bits per heavy atom. The quantitative estimate of drug-likeness (QED) is 0.0272. The molecule has 1 amide bonds. The third kappa shape index (κ3) is 53.0. The lowest BCUT2D eigenvalue weighted by molar-refractivity contribution is -0.870. The number of aliphatic hydroxyl groups is 1. The van der Waals surface area contributed by atoms with Gasteiger partial charge in [0.1, 0.15) is 13.2 Å². The highest BCUT2D eigenvalue weighted by Gasteiger charge is 2.23. The monoisotopic (exact) mass is 983 g/mol. The summed E-state index contributed by atoms with van der Waals surface area (Å²) in [5.41, 5.74) is 0. The minimum absolute atomic E-state index is 0.000987. The summed E-state index contributed by atoms with van der Waals surface area (Å²) in [5, 5.41) is 13.6. The largest absolute Gasteiger partial charge is 0.756 e. The van der Waals surface area contributed by atoms with Gasteiger partial charge in [-0.3, -0.25) is 9.36 Å². The van der Waals surface area contributed by atoms with Crippen molar-refractivity contribution in [3.05, 3.63) is 12.2 Å². The van der Waals surface area contributed by atoms with E-state index in [1.807, 2.05) is 27.2 Å². The summed E-state index contributed by atoms with van der Waals surface area (Å²) in [6.07, 6.45) is 64.1. The summed E-state index contributed by atoms with van der Waals surface area (Å²) in [5.74, 6) is -0.199. The number of likely N-dealkylation sites (N-methyl/N-ethyl adjacent to an activating group) is 1. The van der Waals surface area contributed by atoms with Gasteiger partial charge in [-0.25, -0.2) is 0 Å². The molecule has 0 saturated carbocycles. The van der Waals surface area contributed by atoms with Crippen LogP contribution in [0.2, 0.25) is 0 Å². The number of hydrogen-bond donors (Lipinski definition) is 2. The molecule has 0 aromatic heterocycles. The summed E-state index contributed by atoms with van der Waals surface area (Å²) < 4.78 is 23.1. The number of rotatable bonds is 56. The zero-order valence-electron chi connectivity index (χ0n) is 46.3. The molecular formula is C59H119N2O6P. The molecule has 0 bridgehead atoms. The second-order valence-corrected chi connectivity index (χ2v) is 23.5. The molecule has 0 heterocycles. The first-order chi connectivity index (χ1) is 33.0. The number of unbranched alkanes of at least 4 members (excludes halogenated alkanes) is 43. The molecule has 3 atom stereocenters. The molecular weight excluding hydrogens is 864 g/mol. The second kappa shape index (κ2) is 51.2. The maximum Gasteiger partial charge on any atom is 0.268 e. The van der Waals surface area contributed by atoms with Crippen LogP contribution >= 0.6 is 7.82 Å². The van der Waals surface area contributed by atoms with Crippen LogP contribution in [0.3, 0.4) is 0 Å². The van der Waals surface area contributed by atoms with Gasteiger partial charge in [0.05, 0.1) is 39.9 Å². The number of aliphatic hydroxyl groups excluding tert-OH is 1. The van der Waals surface area contributed by atoms with Crippen LogP contribution in [0.1, 0.15) is 309 Å². The lowest BCUT2D eigenvalue weighted by Gasteiger charge is -2.29. The Kier molecular flexibility index (Phi) is 50.6. The molecule has 406 valence electrons. The van der Waals surface area contributed by atoms with Crippen LogP contribution in [0.5, 0.6) is 0 Å². The van der Waals surface area contributed by atoms with Crippen LogP contribution in [-0.2, 0) is 18.4 Å². The van der Waals surface area contributed by atoms with E-state index in [-0.39, 0.29) is 19.1 Å². The predicted molar refractivity (Wildman–Crippen MR) is 293 cm³/mol. The molecule has 0 aromatic carbocycles. The molecule has 0 aromatic rings. The Labute approximate surface area is 424 Å². The average Bonchev–Trinajstić information content (AvgIpc) is 3.30. The van der Waals surface area contributed by atoms with Gasteiger partial charge in [-0.1, -0.05) is 296 Å². The summed E-state index contributed by atoms with van der Waals surface area (Å²) >= 11 is 0. The summed E-state index contributed by atoms with van der Waals surface area (Å²) in [6, 6.07) is -0.878. The standard InChI is InChI=1S/C59H119N2O6P/c1-6-8-10-12-13-14-15-16-17-18-19-20-21-22-23-24-25-26-27-28-29-30-31-32-33-34-35-36-37-38-39-40-41-42-43-44-45-46-47-49-51-53-59(63)60-57(58(62)52-50-48-11-9-7-2)56-67-68(64,65)66-55-54-61(3,4)5/h50,52,57-58,62H,6-49,51,53-56H2,1-5H3,(H-,60,63,64,65)/b52-50+. The molecule has 2 N–H and O–H groups in total. The number of nitrogens with zero attached hydrogens (tertiary/aromatic N) is 1. The van der Waals surface area contributed by atoms with Gasteiger partial charge in [0.2, 0.25) is 5.91 Å². The van der Waals surface area contributed by atoms with Crippen molar-refractivity contribution in [3.63, 3.8) is 0 Å². The first-order valence-corrected chi connectivity index (χ1v) is 31.5. The Balaban J connectivity index is 3.59. The summed E-state index contributed by atoms with van der Waals surface area (Å²) in [6.45, 7) is 4.56. The van der Waals surface area contributed by atoms with Crippen LogP contribution < -0.4 is 10.2 Å². The van der Waals surface area contributed by atoms with Crippen molar-refractivity contribution in [2.24, 2.45) is 0 Å². The number of hydrogen-bond acceptors (Lipinski definition) is 6. The molecule has 0 spiro atoms. The molecule has 68 heavy (non-hydrogen) atoms. The van der Waals surface area contributed by atoms with Gasteiger partial charge in [-0.2, -0.15) is 0 Å². The van der Waals surface area contributed by atoms with Gasteiger partial charge < -0.3 is 28.8 Å². The SMILES string of the molecule is CCCCC/C=C/C(O)C(COP(=O)([O-])OCC[N+](C)(C)C)NC(=O)CCCCCCCCCCCCCCCCCCCCCCCCCCCCCCCCCCCCCCCCCCC. The van der Waals surface area contributed by atoms with E-state index < -0.39 is 20.0 Å². The minimum atomic E-state index is -4.57. The van der Waals surface area contributed by atoms with Crippen molar-refractivity contribution < 1.29 is 32.9 Å². The number of carbonyl (C=O) groups excluding carboxylic acids is 1. The average molecular weight is 984 g/mol. The van der Waals surface area contributed by atoms with E-state index in [1.165, 1.54) is 244 Å². The van der Waals surface area contributed by atoms with Crippen molar-refractivity contribution in [1.82, 2.24) is 5.32 Å². The normalized spacial score (nSPS) is 13.9. The second-order valence-electron chi connectivity index (χ2n) is 22.1. The summed E-state index contributed by atoms with van der Waals surface area (Å²) in [7, 11) is 1.27.